The van der Waals surface area contributed by atoms with E-state index in [1.807, 2.05) is 45.9 Å². The van der Waals surface area contributed by atoms with Crippen LogP contribution in [0.4, 0.5) is 30.2 Å². The van der Waals surface area contributed by atoms with E-state index in [0.29, 0.717) is 69.2 Å². The molecule has 1 spiro atoms. The second-order valence-corrected chi connectivity index (χ2v) is 14.8. The van der Waals surface area contributed by atoms with Crippen molar-refractivity contribution in [2.75, 3.05) is 82.2 Å². The number of rotatable bonds is 8. The molecule has 3 fully saturated rings. The monoisotopic (exact) mass is 741 g/mol. The summed E-state index contributed by atoms with van der Waals surface area (Å²) in [4.78, 5) is 48.4. The Kier molecular flexibility index (Phi) is 9.21. The molecule has 6 atom stereocenters. The molecule has 2 aromatic carbocycles. The lowest BCUT2D eigenvalue weighted by atomic mass is 9.47. The molecule has 1 saturated carbocycles. The van der Waals surface area contributed by atoms with Crippen LogP contribution in [0.1, 0.15) is 37.8 Å². The van der Waals surface area contributed by atoms with Crippen molar-refractivity contribution in [2.24, 2.45) is 5.41 Å². The molecule has 5 aliphatic rings. The second-order valence-electron chi connectivity index (χ2n) is 14.8. The van der Waals surface area contributed by atoms with E-state index in [9.17, 15) is 32.7 Å². The molecule has 4 heterocycles. The third-order valence-electron chi connectivity index (χ3n) is 12.3. The number of amides is 1. The fourth-order valence-electron chi connectivity index (χ4n) is 10.3. The Morgan fingerprint density at radius 3 is 2.32 bits per heavy atom. The van der Waals surface area contributed by atoms with Crippen LogP contribution in [0.15, 0.2) is 48.6 Å². The third-order valence-corrected chi connectivity index (χ3v) is 12.3. The number of alkyl halides is 3. The van der Waals surface area contributed by atoms with Crippen LogP contribution in [0.3, 0.4) is 0 Å². The number of piperazine rings is 1. The quantitative estimate of drug-likeness (QED) is 0.306. The largest absolute Gasteiger partial charge is 0.494 e. The number of anilines is 3. The number of esters is 2. The van der Waals surface area contributed by atoms with Gasteiger partial charge in [0, 0.05) is 81.0 Å². The van der Waals surface area contributed by atoms with Gasteiger partial charge in [-0.2, -0.15) is 13.2 Å². The van der Waals surface area contributed by atoms with Gasteiger partial charge in [-0.15, -0.1) is 0 Å². The fraction of sp³-hybridized carbons (Fsp3) is 0.553. The predicted octanol–water partition coefficient (Wildman–Crippen LogP) is 3.42. The number of ether oxygens (including phenoxy) is 3. The third kappa shape index (κ3) is 5.56. The molecule has 1 aliphatic carbocycles. The minimum atomic E-state index is -4.40. The predicted molar refractivity (Wildman–Crippen MR) is 190 cm³/mol. The number of fused-ring (bicyclic) bond motifs is 1. The van der Waals surface area contributed by atoms with Crippen LogP contribution >= 0.6 is 0 Å². The lowest BCUT2D eigenvalue weighted by molar-refractivity contribution is -0.228. The zero-order valence-corrected chi connectivity index (χ0v) is 30.5. The van der Waals surface area contributed by atoms with Gasteiger partial charge in [-0.3, -0.25) is 19.4 Å². The molecule has 15 heteroatoms. The van der Waals surface area contributed by atoms with Gasteiger partial charge in [0.15, 0.2) is 6.10 Å². The van der Waals surface area contributed by atoms with Crippen LogP contribution in [0, 0.1) is 5.41 Å². The number of methoxy groups -OCH3 is 2. The van der Waals surface area contributed by atoms with Crippen molar-refractivity contribution in [2.45, 2.75) is 62.1 Å². The summed E-state index contributed by atoms with van der Waals surface area (Å²) >= 11 is 0. The first-order chi connectivity index (χ1) is 25.1. The second kappa shape index (κ2) is 13.2. The molecular weight excluding hydrogens is 695 g/mol. The molecule has 2 N–H and O–H groups in total. The SMILES string of the molecule is CC[C@]12C=CCN3CC[C@@]4(c5cc(NC(=O)CN6CCN(c7ccc(C(F)(F)F)cc7)CC6)c(OC)cc5N(C)[C@H]4[C@@](O)(C(=O)OC)[C@@H]1OC(C)=O)[C@@H]32. The first kappa shape index (κ1) is 37.0. The number of hydrogen-bond donors (Lipinski definition) is 2. The first-order valence-corrected chi connectivity index (χ1v) is 17.9. The van der Waals surface area contributed by atoms with Crippen LogP contribution in [0.25, 0.3) is 0 Å². The van der Waals surface area contributed by atoms with Crippen LogP contribution in [0.5, 0.6) is 5.75 Å². The number of nitrogens with zero attached hydrogens (tertiary/aromatic N) is 4. The van der Waals surface area contributed by atoms with Gasteiger partial charge >= 0.3 is 18.1 Å². The highest BCUT2D eigenvalue weighted by atomic mass is 19.4. The van der Waals surface area contributed by atoms with E-state index in [1.54, 1.807) is 7.05 Å². The molecule has 0 aromatic heterocycles. The van der Waals surface area contributed by atoms with Crippen LogP contribution in [-0.2, 0) is 35.4 Å². The minimum absolute atomic E-state index is 0.0844. The van der Waals surface area contributed by atoms with E-state index in [1.165, 1.54) is 33.3 Å². The fourth-order valence-corrected chi connectivity index (χ4v) is 10.3. The number of likely N-dealkylation sites (N-methyl/N-ethyl adjacent to an activating group) is 1. The highest BCUT2D eigenvalue weighted by Crippen LogP contribution is 2.67. The van der Waals surface area contributed by atoms with Crippen LogP contribution in [0.2, 0.25) is 0 Å². The van der Waals surface area contributed by atoms with Crippen molar-refractivity contribution in [3.63, 3.8) is 0 Å². The van der Waals surface area contributed by atoms with Gasteiger partial charge < -0.3 is 34.4 Å². The van der Waals surface area contributed by atoms with Crippen molar-refractivity contribution in [1.82, 2.24) is 9.80 Å². The molecule has 0 radical (unpaired) electrons. The summed E-state index contributed by atoms with van der Waals surface area (Å²) in [6.07, 6.45) is -0.593. The molecule has 1 amide bonds. The summed E-state index contributed by atoms with van der Waals surface area (Å²) < 4.78 is 56.2. The van der Waals surface area contributed by atoms with E-state index in [-0.39, 0.29) is 18.5 Å². The topological polar surface area (TPSA) is 124 Å². The van der Waals surface area contributed by atoms with E-state index < -0.39 is 52.3 Å². The Labute approximate surface area is 306 Å². The van der Waals surface area contributed by atoms with Crippen molar-refractivity contribution < 1.29 is 46.9 Å². The average molecular weight is 742 g/mol. The molecule has 0 bridgehead atoms. The molecule has 4 aliphatic heterocycles. The van der Waals surface area contributed by atoms with Crippen LogP contribution < -0.4 is 19.9 Å². The molecule has 286 valence electrons. The molecule has 0 unspecified atom stereocenters. The summed E-state index contributed by atoms with van der Waals surface area (Å²) in [6.45, 7) is 6.79. The Balaban J connectivity index is 1.19. The molecule has 7 rings (SSSR count). The molecule has 2 saturated heterocycles. The lowest BCUT2D eigenvalue weighted by Crippen LogP contribution is -2.81. The van der Waals surface area contributed by atoms with Crippen molar-refractivity contribution in [1.29, 1.82) is 0 Å². The Hall–Kier alpha value is -4.34. The summed E-state index contributed by atoms with van der Waals surface area (Å²) in [5, 5.41) is 15.9. The number of benzene rings is 2. The number of carbonyl (C=O) groups is 3. The highest BCUT2D eigenvalue weighted by molar-refractivity contribution is 5.95. The van der Waals surface area contributed by atoms with Crippen molar-refractivity contribution >= 4 is 34.9 Å². The van der Waals surface area contributed by atoms with Gasteiger partial charge in [0.1, 0.15) is 5.75 Å². The summed E-state index contributed by atoms with van der Waals surface area (Å²) in [5.41, 5.74) is -2.05. The Bertz CT molecular complexity index is 1820. The minimum Gasteiger partial charge on any atom is -0.494 e. The van der Waals surface area contributed by atoms with Gasteiger partial charge in [-0.1, -0.05) is 19.1 Å². The summed E-state index contributed by atoms with van der Waals surface area (Å²) in [6, 6.07) is 7.66. The van der Waals surface area contributed by atoms with Gasteiger partial charge in [0.25, 0.3) is 0 Å². The van der Waals surface area contributed by atoms with E-state index >= 15 is 0 Å². The zero-order chi connectivity index (χ0) is 38.1. The molecule has 12 nitrogen and oxygen atoms in total. The zero-order valence-electron chi connectivity index (χ0n) is 30.5. The van der Waals surface area contributed by atoms with Gasteiger partial charge in [-0.25, -0.2) is 4.79 Å². The number of aliphatic hydroxyl groups is 1. The summed E-state index contributed by atoms with van der Waals surface area (Å²) in [5.74, 6) is -1.39. The highest BCUT2D eigenvalue weighted by Gasteiger charge is 2.80. The Morgan fingerprint density at radius 2 is 1.72 bits per heavy atom. The van der Waals surface area contributed by atoms with Crippen molar-refractivity contribution in [3.05, 3.63) is 59.7 Å². The molecule has 2 aromatic rings. The lowest BCUT2D eigenvalue weighted by Gasteiger charge is -2.63. The number of halogens is 3. The number of hydrogen-bond acceptors (Lipinski definition) is 11. The van der Waals surface area contributed by atoms with Crippen molar-refractivity contribution in [3.8, 4) is 5.75 Å². The maximum absolute atomic E-state index is 13.9. The standard InChI is InChI=1S/C38H46F3N5O7/c1-6-35-12-7-14-46-15-13-36(31(35)46)26-20-27(29(51-4)21-28(26)43(3)32(36)37(50,34(49)52-5)33(35)53-23(2)47)42-30(48)22-44-16-18-45(19-17-44)25-10-8-24(9-11-25)38(39,40)41/h7-12,20-21,31-33,50H,6,13-19,22H2,1-5H3,(H,42,48)/t31-,32+,33+,35+,36+,37-/m0/s1. The first-order valence-electron chi connectivity index (χ1n) is 17.9. The van der Waals surface area contributed by atoms with Gasteiger partial charge in [-0.05, 0) is 55.3 Å². The maximum Gasteiger partial charge on any atom is 0.416 e. The van der Waals surface area contributed by atoms with Gasteiger partial charge in [0.2, 0.25) is 11.5 Å². The average Bonchev–Trinajstić information content (AvgIpc) is 3.64. The number of carbonyl (C=O) groups excluding carboxylic acids is 3. The molecule has 53 heavy (non-hydrogen) atoms. The van der Waals surface area contributed by atoms with E-state index in [4.69, 9.17) is 14.2 Å². The maximum atomic E-state index is 13.9. The van der Waals surface area contributed by atoms with E-state index in [2.05, 4.69) is 10.2 Å². The van der Waals surface area contributed by atoms with Gasteiger partial charge in [0.05, 0.1) is 38.1 Å². The number of nitrogens with one attached hydrogen (secondary N) is 1. The smallest absolute Gasteiger partial charge is 0.416 e. The van der Waals surface area contributed by atoms with Crippen LogP contribution in [-0.4, -0.2) is 124 Å². The normalized spacial score (nSPS) is 30.7. The molecular formula is C38H46F3N5O7. The van der Waals surface area contributed by atoms with E-state index in [0.717, 1.165) is 23.4 Å². The Morgan fingerprint density at radius 1 is 1.02 bits per heavy atom. The summed E-state index contributed by atoms with van der Waals surface area (Å²) in [7, 11) is 4.53.